The Labute approximate surface area is 126 Å². The molecule has 21 heavy (non-hydrogen) atoms. The number of carbonyl (C=O) groups excluding carboxylic acids is 1. The van der Waals surface area contributed by atoms with Crippen LogP contribution in [-0.4, -0.2) is 20.0 Å². The van der Waals surface area contributed by atoms with E-state index >= 15 is 0 Å². The molecule has 0 spiro atoms. The van der Waals surface area contributed by atoms with Gasteiger partial charge in [0.2, 0.25) is 0 Å². The van der Waals surface area contributed by atoms with Gasteiger partial charge in [0.1, 0.15) is 13.8 Å². The van der Waals surface area contributed by atoms with E-state index in [9.17, 15) is 4.79 Å². The second-order valence-electron chi connectivity index (χ2n) is 5.51. The third-order valence-corrected chi connectivity index (χ3v) is 7.72. The molecule has 1 atom stereocenters. The zero-order valence-corrected chi connectivity index (χ0v) is 13.6. The first-order valence-corrected chi connectivity index (χ1v) is 10.1. The van der Waals surface area contributed by atoms with Gasteiger partial charge in [-0.15, -0.1) is 0 Å². The van der Waals surface area contributed by atoms with Crippen molar-refractivity contribution in [2.75, 3.05) is 0 Å². The molecule has 3 nitrogen and oxygen atoms in total. The summed E-state index contributed by atoms with van der Waals surface area (Å²) in [5.74, 6) is 0.494. The lowest BCUT2D eigenvalue weighted by atomic mass is 10.3. The number of hydrogen-bond donors (Lipinski definition) is 0. The van der Waals surface area contributed by atoms with Crippen LogP contribution >= 0.6 is 0 Å². The van der Waals surface area contributed by atoms with Crippen LogP contribution in [0.2, 0.25) is 13.1 Å². The van der Waals surface area contributed by atoms with Crippen molar-refractivity contribution in [3.63, 3.8) is 0 Å². The van der Waals surface area contributed by atoms with Crippen LogP contribution in [0.4, 0.5) is 4.79 Å². The summed E-state index contributed by atoms with van der Waals surface area (Å²) < 4.78 is 10.7. The molecule has 0 bridgehead atoms. The fourth-order valence-electron chi connectivity index (χ4n) is 2.00. The minimum absolute atomic E-state index is 0.170. The van der Waals surface area contributed by atoms with E-state index < -0.39 is 14.2 Å². The van der Waals surface area contributed by atoms with Crippen molar-refractivity contribution >= 4 is 19.4 Å². The number of benzene rings is 2. The van der Waals surface area contributed by atoms with E-state index in [0.29, 0.717) is 5.75 Å². The van der Waals surface area contributed by atoms with E-state index in [0.717, 1.165) is 0 Å². The van der Waals surface area contributed by atoms with Crippen LogP contribution in [0.15, 0.2) is 60.7 Å². The van der Waals surface area contributed by atoms with Crippen LogP contribution in [0.5, 0.6) is 5.75 Å². The van der Waals surface area contributed by atoms with Gasteiger partial charge in [-0.25, -0.2) is 4.79 Å². The molecular weight excluding hydrogens is 280 g/mol. The topological polar surface area (TPSA) is 35.5 Å². The van der Waals surface area contributed by atoms with Crippen LogP contribution in [0.25, 0.3) is 0 Å². The Morgan fingerprint density at radius 3 is 2.05 bits per heavy atom. The maximum absolute atomic E-state index is 11.9. The van der Waals surface area contributed by atoms with Crippen molar-refractivity contribution < 1.29 is 14.3 Å². The summed E-state index contributed by atoms with van der Waals surface area (Å²) in [6.07, 6.45) is -0.648. The van der Waals surface area contributed by atoms with Crippen molar-refractivity contribution in [2.24, 2.45) is 0 Å². The number of hydrogen-bond acceptors (Lipinski definition) is 3. The molecule has 2 aromatic rings. The third-order valence-electron chi connectivity index (χ3n) is 3.75. The largest absolute Gasteiger partial charge is 0.513 e. The molecule has 0 N–H and O–H groups in total. The molecule has 0 heterocycles. The summed E-state index contributed by atoms with van der Waals surface area (Å²) in [4.78, 5) is 11.9. The number of ether oxygens (including phenoxy) is 2. The van der Waals surface area contributed by atoms with Crippen LogP contribution in [0.3, 0.4) is 0 Å². The SMILES string of the molecule is C[C@@H](OC(=O)Oc1ccccc1)[Si](C)(C)c1ccccc1. The molecule has 0 aliphatic heterocycles. The van der Waals surface area contributed by atoms with Crippen LogP contribution in [-0.2, 0) is 4.74 Å². The summed E-state index contributed by atoms with van der Waals surface area (Å²) in [5.41, 5.74) is -0.170. The van der Waals surface area contributed by atoms with Crippen molar-refractivity contribution in [1.29, 1.82) is 0 Å². The Morgan fingerprint density at radius 1 is 0.952 bits per heavy atom. The van der Waals surface area contributed by atoms with Gasteiger partial charge in [0.15, 0.2) is 0 Å². The molecule has 2 aromatic carbocycles. The Balaban J connectivity index is 2.00. The van der Waals surface area contributed by atoms with E-state index in [4.69, 9.17) is 9.47 Å². The van der Waals surface area contributed by atoms with Crippen molar-refractivity contribution in [1.82, 2.24) is 0 Å². The van der Waals surface area contributed by atoms with Crippen molar-refractivity contribution in [3.8, 4) is 5.75 Å². The van der Waals surface area contributed by atoms with Gasteiger partial charge in [-0.2, -0.15) is 0 Å². The summed E-state index contributed by atoms with van der Waals surface area (Å²) >= 11 is 0. The van der Waals surface area contributed by atoms with E-state index in [1.54, 1.807) is 12.1 Å². The average molecular weight is 300 g/mol. The highest BCUT2D eigenvalue weighted by atomic mass is 28.3. The maximum Gasteiger partial charge on any atom is 0.513 e. The van der Waals surface area contributed by atoms with Crippen LogP contribution in [0.1, 0.15) is 6.92 Å². The quantitative estimate of drug-likeness (QED) is 0.490. The lowest BCUT2D eigenvalue weighted by molar-refractivity contribution is 0.0892. The van der Waals surface area contributed by atoms with Crippen LogP contribution in [0, 0.1) is 0 Å². The molecule has 0 unspecified atom stereocenters. The summed E-state index contributed by atoms with van der Waals surface area (Å²) in [5, 5.41) is 1.25. The first-order valence-electron chi connectivity index (χ1n) is 6.99. The average Bonchev–Trinajstić information content (AvgIpc) is 2.49. The number of para-hydroxylation sites is 1. The maximum atomic E-state index is 11.9. The summed E-state index contributed by atoms with van der Waals surface area (Å²) in [7, 11) is -1.89. The van der Waals surface area contributed by atoms with E-state index in [-0.39, 0.29) is 5.73 Å². The van der Waals surface area contributed by atoms with Gasteiger partial charge < -0.3 is 9.47 Å². The highest BCUT2D eigenvalue weighted by Gasteiger charge is 2.34. The second kappa shape index (κ2) is 6.59. The number of carbonyl (C=O) groups is 1. The van der Waals surface area contributed by atoms with Gasteiger partial charge in [-0.1, -0.05) is 66.8 Å². The normalized spacial score (nSPS) is 12.5. The summed E-state index contributed by atoms with van der Waals surface area (Å²) in [6, 6.07) is 19.2. The molecule has 0 aliphatic rings. The molecule has 0 amide bonds. The molecule has 4 heteroatoms. The fraction of sp³-hybridized carbons (Fsp3) is 0.235. The second-order valence-corrected chi connectivity index (χ2v) is 10.3. The zero-order chi connectivity index (χ0) is 15.3. The standard InChI is InChI=1S/C17H20O3Si/c1-14(21(2,3)16-12-8-5-9-13-16)19-17(18)20-15-10-6-4-7-11-15/h4-14H,1-3H3/t14-/m0/s1. The predicted molar refractivity (Wildman–Crippen MR) is 86.6 cm³/mol. The van der Waals surface area contributed by atoms with Gasteiger partial charge in [0.25, 0.3) is 0 Å². The van der Waals surface area contributed by atoms with Gasteiger partial charge in [0.05, 0.1) is 5.73 Å². The van der Waals surface area contributed by atoms with E-state index in [1.165, 1.54) is 5.19 Å². The molecule has 0 saturated heterocycles. The highest BCUT2D eigenvalue weighted by molar-refractivity contribution is 6.90. The predicted octanol–water partition coefficient (Wildman–Crippen LogP) is 3.75. The monoisotopic (exact) mass is 300 g/mol. The molecular formula is C17H20O3Si. The highest BCUT2D eigenvalue weighted by Crippen LogP contribution is 2.15. The Hall–Kier alpha value is -2.07. The minimum atomic E-state index is -1.89. The lowest BCUT2D eigenvalue weighted by Gasteiger charge is -2.29. The smallest absolute Gasteiger partial charge is 0.434 e. The fourth-order valence-corrected chi connectivity index (χ4v) is 3.91. The Morgan fingerprint density at radius 2 is 1.48 bits per heavy atom. The van der Waals surface area contributed by atoms with E-state index in [2.05, 4.69) is 25.2 Å². The number of rotatable bonds is 4. The Bertz CT molecular complexity index is 581. The molecule has 2 rings (SSSR count). The van der Waals surface area contributed by atoms with Crippen molar-refractivity contribution in [3.05, 3.63) is 60.7 Å². The van der Waals surface area contributed by atoms with Gasteiger partial charge in [0, 0.05) is 0 Å². The molecule has 0 aliphatic carbocycles. The third kappa shape index (κ3) is 3.95. The zero-order valence-electron chi connectivity index (χ0n) is 12.6. The van der Waals surface area contributed by atoms with Gasteiger partial charge in [-0.3, -0.25) is 0 Å². The van der Waals surface area contributed by atoms with Gasteiger partial charge in [-0.05, 0) is 19.1 Å². The van der Waals surface area contributed by atoms with Crippen molar-refractivity contribution in [2.45, 2.75) is 25.7 Å². The minimum Gasteiger partial charge on any atom is -0.434 e. The molecule has 0 fully saturated rings. The van der Waals surface area contributed by atoms with Gasteiger partial charge >= 0.3 is 6.16 Å². The molecule has 0 radical (unpaired) electrons. The van der Waals surface area contributed by atoms with E-state index in [1.807, 2.05) is 43.3 Å². The van der Waals surface area contributed by atoms with Crippen LogP contribution < -0.4 is 9.92 Å². The first kappa shape index (κ1) is 15.3. The molecule has 0 saturated carbocycles. The first-order chi connectivity index (χ1) is 10.00. The molecule has 110 valence electrons. The Kier molecular flexibility index (Phi) is 4.80. The molecule has 0 aromatic heterocycles. The summed E-state index contributed by atoms with van der Waals surface area (Å²) in [6.45, 7) is 6.30. The lowest BCUT2D eigenvalue weighted by Crippen LogP contribution is -2.53.